The number of amides is 2. The zero-order chi connectivity index (χ0) is 14.1. The summed E-state index contributed by atoms with van der Waals surface area (Å²) in [6, 6.07) is 5.84. The van der Waals surface area contributed by atoms with Gasteiger partial charge in [0.1, 0.15) is 0 Å². The first-order chi connectivity index (χ1) is 9.13. The van der Waals surface area contributed by atoms with Crippen molar-refractivity contribution in [1.82, 2.24) is 0 Å². The first-order valence-corrected chi connectivity index (χ1v) is 6.47. The van der Waals surface area contributed by atoms with Crippen LogP contribution in [0.1, 0.15) is 43.0 Å². The van der Waals surface area contributed by atoms with Crippen molar-refractivity contribution in [3.63, 3.8) is 0 Å². The van der Waals surface area contributed by atoms with E-state index in [0.29, 0.717) is 17.9 Å². The monoisotopic (exact) mass is 264 g/mol. The van der Waals surface area contributed by atoms with Crippen molar-refractivity contribution in [2.45, 2.75) is 32.6 Å². The van der Waals surface area contributed by atoms with Crippen LogP contribution in [0.5, 0.6) is 0 Å². The highest BCUT2D eigenvalue weighted by atomic mass is 16.5. The molecule has 0 aliphatic heterocycles. The Morgan fingerprint density at radius 1 is 1.26 bits per heavy atom. The zero-order valence-corrected chi connectivity index (χ0v) is 11.1. The second-order valence-electron chi connectivity index (χ2n) is 4.27. The first-order valence-electron chi connectivity index (χ1n) is 6.47. The third kappa shape index (κ3) is 5.90. The van der Waals surface area contributed by atoms with E-state index in [-0.39, 0.29) is 5.97 Å². The highest BCUT2D eigenvalue weighted by Gasteiger charge is 2.08. The highest BCUT2D eigenvalue weighted by molar-refractivity contribution is 5.93. The summed E-state index contributed by atoms with van der Waals surface area (Å²) in [5.41, 5.74) is 5.90. The fourth-order valence-electron chi connectivity index (χ4n) is 1.64. The Hall–Kier alpha value is -2.04. The Labute approximate surface area is 113 Å². The molecule has 0 atom stereocenters. The molecule has 1 aromatic carbocycles. The maximum Gasteiger partial charge on any atom is 0.338 e. The van der Waals surface area contributed by atoms with Gasteiger partial charge in [0.2, 0.25) is 0 Å². The molecule has 5 heteroatoms. The molecule has 1 rings (SSSR count). The lowest BCUT2D eigenvalue weighted by Gasteiger charge is -2.06. The Bertz CT molecular complexity index is 432. The number of ether oxygens (including phenoxy) is 1. The average molecular weight is 264 g/mol. The SMILES string of the molecule is CCCCCCOC(=O)c1cccc(NC(N)=O)c1. The number of esters is 1. The summed E-state index contributed by atoms with van der Waals surface area (Å²) in [5, 5.41) is 2.42. The van der Waals surface area contributed by atoms with Crippen LogP contribution < -0.4 is 11.1 Å². The lowest BCUT2D eigenvalue weighted by Crippen LogP contribution is -2.19. The second kappa shape index (κ2) is 8.13. The summed E-state index contributed by atoms with van der Waals surface area (Å²) in [6.45, 7) is 2.55. The average Bonchev–Trinajstić information content (AvgIpc) is 2.38. The molecule has 0 aliphatic carbocycles. The Morgan fingerprint density at radius 2 is 2.05 bits per heavy atom. The van der Waals surface area contributed by atoms with Crippen LogP contribution in [-0.2, 0) is 4.74 Å². The van der Waals surface area contributed by atoms with Gasteiger partial charge < -0.3 is 15.8 Å². The van der Waals surface area contributed by atoms with Gasteiger partial charge >= 0.3 is 12.0 Å². The van der Waals surface area contributed by atoms with Gasteiger partial charge in [-0.1, -0.05) is 32.3 Å². The predicted molar refractivity (Wildman–Crippen MR) is 74.1 cm³/mol. The molecule has 0 bridgehead atoms. The smallest absolute Gasteiger partial charge is 0.338 e. The van der Waals surface area contributed by atoms with E-state index in [0.717, 1.165) is 25.7 Å². The maximum atomic E-state index is 11.7. The predicted octanol–water partition coefficient (Wildman–Crippen LogP) is 2.91. The van der Waals surface area contributed by atoms with Gasteiger partial charge in [-0.25, -0.2) is 9.59 Å². The van der Waals surface area contributed by atoms with Gasteiger partial charge in [0, 0.05) is 5.69 Å². The number of anilines is 1. The normalized spacial score (nSPS) is 9.95. The number of carbonyl (C=O) groups excluding carboxylic acids is 2. The molecule has 0 aromatic heterocycles. The topological polar surface area (TPSA) is 81.4 Å². The molecule has 0 aliphatic rings. The number of carbonyl (C=O) groups is 2. The van der Waals surface area contributed by atoms with Crippen LogP contribution in [0.15, 0.2) is 24.3 Å². The van der Waals surface area contributed by atoms with E-state index in [4.69, 9.17) is 10.5 Å². The lowest BCUT2D eigenvalue weighted by atomic mass is 10.2. The number of urea groups is 1. The van der Waals surface area contributed by atoms with Crippen LogP contribution in [0.2, 0.25) is 0 Å². The van der Waals surface area contributed by atoms with Gasteiger partial charge in [0.25, 0.3) is 0 Å². The second-order valence-corrected chi connectivity index (χ2v) is 4.27. The number of nitrogens with two attached hydrogens (primary N) is 1. The molecule has 3 N–H and O–H groups in total. The molecule has 0 saturated heterocycles. The lowest BCUT2D eigenvalue weighted by molar-refractivity contribution is 0.0498. The fourth-order valence-corrected chi connectivity index (χ4v) is 1.64. The zero-order valence-electron chi connectivity index (χ0n) is 11.1. The van der Waals surface area contributed by atoms with Crippen LogP contribution in [0.4, 0.5) is 10.5 Å². The van der Waals surface area contributed by atoms with E-state index in [1.165, 1.54) is 0 Å². The Kier molecular flexibility index (Phi) is 6.43. The van der Waals surface area contributed by atoms with E-state index in [2.05, 4.69) is 12.2 Å². The summed E-state index contributed by atoms with van der Waals surface area (Å²) in [6.07, 6.45) is 4.23. The van der Waals surface area contributed by atoms with Gasteiger partial charge in [-0.3, -0.25) is 0 Å². The van der Waals surface area contributed by atoms with Crippen LogP contribution in [0.25, 0.3) is 0 Å². The van der Waals surface area contributed by atoms with E-state index in [1.54, 1.807) is 24.3 Å². The number of rotatable bonds is 7. The van der Waals surface area contributed by atoms with Gasteiger partial charge in [0.15, 0.2) is 0 Å². The van der Waals surface area contributed by atoms with Crippen molar-refractivity contribution < 1.29 is 14.3 Å². The molecular weight excluding hydrogens is 244 g/mol. The van der Waals surface area contributed by atoms with Gasteiger partial charge in [-0.15, -0.1) is 0 Å². The van der Waals surface area contributed by atoms with Crippen molar-refractivity contribution in [2.75, 3.05) is 11.9 Å². The summed E-state index contributed by atoms with van der Waals surface area (Å²) in [5.74, 6) is -0.385. The van der Waals surface area contributed by atoms with Crippen molar-refractivity contribution >= 4 is 17.7 Å². The van der Waals surface area contributed by atoms with Gasteiger partial charge in [-0.2, -0.15) is 0 Å². The van der Waals surface area contributed by atoms with Crippen LogP contribution in [-0.4, -0.2) is 18.6 Å². The number of hydrogen-bond acceptors (Lipinski definition) is 3. The van der Waals surface area contributed by atoms with Crippen molar-refractivity contribution in [1.29, 1.82) is 0 Å². The Morgan fingerprint density at radius 3 is 2.74 bits per heavy atom. The minimum absolute atomic E-state index is 0.385. The molecule has 1 aromatic rings. The molecule has 0 heterocycles. The van der Waals surface area contributed by atoms with E-state index >= 15 is 0 Å². The van der Waals surface area contributed by atoms with Crippen LogP contribution >= 0.6 is 0 Å². The van der Waals surface area contributed by atoms with E-state index < -0.39 is 6.03 Å². The molecule has 19 heavy (non-hydrogen) atoms. The fraction of sp³-hybridized carbons (Fsp3) is 0.429. The van der Waals surface area contributed by atoms with Gasteiger partial charge in [-0.05, 0) is 24.6 Å². The highest BCUT2D eigenvalue weighted by Crippen LogP contribution is 2.12. The summed E-state index contributed by atoms with van der Waals surface area (Å²) >= 11 is 0. The molecular formula is C14H20N2O3. The number of hydrogen-bond donors (Lipinski definition) is 2. The minimum Gasteiger partial charge on any atom is -0.462 e. The standard InChI is InChI=1S/C14H20N2O3/c1-2-3-4-5-9-19-13(17)11-7-6-8-12(10-11)16-14(15)18/h6-8,10H,2-5,9H2,1H3,(H3,15,16,18). The van der Waals surface area contributed by atoms with Crippen LogP contribution in [0, 0.1) is 0 Å². The van der Waals surface area contributed by atoms with E-state index in [1.807, 2.05) is 0 Å². The van der Waals surface area contributed by atoms with E-state index in [9.17, 15) is 9.59 Å². The molecule has 0 radical (unpaired) electrons. The number of nitrogens with one attached hydrogen (secondary N) is 1. The largest absolute Gasteiger partial charge is 0.462 e. The Balaban J connectivity index is 2.45. The quantitative estimate of drug-likeness (QED) is 0.587. The van der Waals surface area contributed by atoms with Crippen molar-refractivity contribution in [3.05, 3.63) is 29.8 Å². The van der Waals surface area contributed by atoms with Crippen LogP contribution in [0.3, 0.4) is 0 Å². The molecule has 0 fully saturated rings. The third-order valence-corrected chi connectivity index (χ3v) is 2.60. The van der Waals surface area contributed by atoms with Gasteiger partial charge in [0.05, 0.1) is 12.2 Å². The number of benzene rings is 1. The van der Waals surface area contributed by atoms with Crippen molar-refractivity contribution in [3.8, 4) is 0 Å². The number of primary amides is 1. The molecule has 5 nitrogen and oxygen atoms in total. The summed E-state index contributed by atoms with van der Waals surface area (Å²) < 4.78 is 5.15. The molecule has 0 spiro atoms. The molecule has 2 amide bonds. The molecule has 0 saturated carbocycles. The molecule has 104 valence electrons. The van der Waals surface area contributed by atoms with Crippen molar-refractivity contribution in [2.24, 2.45) is 5.73 Å². The minimum atomic E-state index is -0.662. The third-order valence-electron chi connectivity index (χ3n) is 2.60. The first kappa shape index (κ1) is 15.0. The number of unbranched alkanes of at least 4 members (excludes halogenated alkanes) is 3. The summed E-state index contributed by atoms with van der Waals surface area (Å²) in [7, 11) is 0. The summed E-state index contributed by atoms with van der Waals surface area (Å²) in [4.78, 5) is 22.5. The maximum absolute atomic E-state index is 11.7. The molecule has 0 unspecified atom stereocenters.